The standard InChI is InChI=1S/C11H22N2O2/c1-5-11(15)7-13(8-11)9(14)6-12-10(2,3)4/h12,15H,5-8H2,1-4H3. The number of nitrogens with one attached hydrogen (secondary N) is 1. The third kappa shape index (κ3) is 3.47. The van der Waals surface area contributed by atoms with Crippen LogP contribution in [0.5, 0.6) is 0 Å². The van der Waals surface area contributed by atoms with Gasteiger partial charge >= 0.3 is 0 Å². The molecule has 4 heteroatoms. The molecule has 15 heavy (non-hydrogen) atoms. The number of likely N-dealkylation sites (tertiary alicyclic amines) is 1. The van der Waals surface area contributed by atoms with Gasteiger partial charge in [-0.3, -0.25) is 4.79 Å². The maximum Gasteiger partial charge on any atom is 0.236 e. The van der Waals surface area contributed by atoms with Crippen LogP contribution >= 0.6 is 0 Å². The van der Waals surface area contributed by atoms with E-state index in [1.54, 1.807) is 4.90 Å². The Hall–Kier alpha value is -0.610. The van der Waals surface area contributed by atoms with Crippen molar-refractivity contribution in [3.63, 3.8) is 0 Å². The topological polar surface area (TPSA) is 52.6 Å². The molecule has 1 aliphatic rings. The lowest BCUT2D eigenvalue weighted by Gasteiger charge is -2.46. The lowest BCUT2D eigenvalue weighted by atomic mass is 9.91. The Morgan fingerprint density at radius 2 is 2.00 bits per heavy atom. The first-order chi connectivity index (χ1) is 6.76. The Labute approximate surface area is 91.6 Å². The number of carbonyl (C=O) groups excluding carboxylic acids is 1. The van der Waals surface area contributed by atoms with E-state index in [4.69, 9.17) is 0 Å². The SMILES string of the molecule is CCC1(O)CN(C(=O)CNC(C)(C)C)C1. The molecule has 1 amide bonds. The minimum absolute atomic E-state index is 0.0401. The molecule has 0 aromatic rings. The fraction of sp³-hybridized carbons (Fsp3) is 0.909. The molecule has 1 heterocycles. The molecule has 0 saturated carbocycles. The highest BCUT2D eigenvalue weighted by Gasteiger charge is 2.41. The van der Waals surface area contributed by atoms with E-state index in [9.17, 15) is 9.90 Å². The monoisotopic (exact) mass is 214 g/mol. The molecule has 1 saturated heterocycles. The number of rotatable bonds is 3. The van der Waals surface area contributed by atoms with Crippen molar-refractivity contribution in [3.8, 4) is 0 Å². The second-order valence-corrected chi connectivity index (χ2v) is 5.43. The van der Waals surface area contributed by atoms with Crippen LogP contribution < -0.4 is 5.32 Å². The summed E-state index contributed by atoms with van der Waals surface area (Å²) in [5, 5.41) is 12.9. The minimum Gasteiger partial charge on any atom is -0.386 e. The third-order valence-corrected chi connectivity index (χ3v) is 2.75. The first-order valence-corrected chi connectivity index (χ1v) is 5.51. The molecule has 88 valence electrons. The molecule has 0 bridgehead atoms. The van der Waals surface area contributed by atoms with Crippen molar-refractivity contribution >= 4 is 5.91 Å². The van der Waals surface area contributed by atoms with Gasteiger partial charge < -0.3 is 15.3 Å². The Morgan fingerprint density at radius 3 is 2.40 bits per heavy atom. The van der Waals surface area contributed by atoms with E-state index < -0.39 is 5.60 Å². The highest BCUT2D eigenvalue weighted by Crippen LogP contribution is 2.23. The highest BCUT2D eigenvalue weighted by atomic mass is 16.3. The summed E-state index contributed by atoms with van der Waals surface area (Å²) >= 11 is 0. The molecule has 0 aromatic carbocycles. The number of carbonyl (C=O) groups is 1. The van der Waals surface area contributed by atoms with Crippen LogP contribution in [0.3, 0.4) is 0 Å². The molecule has 0 aromatic heterocycles. The van der Waals surface area contributed by atoms with Gasteiger partial charge in [-0.15, -0.1) is 0 Å². The largest absolute Gasteiger partial charge is 0.386 e. The van der Waals surface area contributed by atoms with Crippen LogP contribution in [-0.2, 0) is 4.79 Å². The van der Waals surface area contributed by atoms with Crippen LogP contribution in [0.2, 0.25) is 0 Å². The molecular formula is C11H22N2O2. The van der Waals surface area contributed by atoms with E-state index in [-0.39, 0.29) is 11.4 Å². The lowest BCUT2D eigenvalue weighted by Crippen LogP contribution is -2.64. The zero-order chi connectivity index (χ0) is 11.7. The Bertz CT molecular complexity index is 239. The van der Waals surface area contributed by atoms with Gasteiger partial charge in [-0.2, -0.15) is 0 Å². The molecular weight excluding hydrogens is 192 g/mol. The third-order valence-electron chi connectivity index (χ3n) is 2.75. The van der Waals surface area contributed by atoms with E-state index in [1.807, 2.05) is 27.7 Å². The lowest BCUT2D eigenvalue weighted by molar-refractivity contribution is -0.155. The zero-order valence-electron chi connectivity index (χ0n) is 10.1. The second-order valence-electron chi connectivity index (χ2n) is 5.43. The molecule has 4 nitrogen and oxygen atoms in total. The number of β-amino-alcohol motifs (C(OH)–C–C–N with tert-alkyl or cyclic N) is 1. The maximum atomic E-state index is 11.6. The smallest absolute Gasteiger partial charge is 0.236 e. The first-order valence-electron chi connectivity index (χ1n) is 5.51. The second kappa shape index (κ2) is 4.10. The number of hydrogen-bond donors (Lipinski definition) is 2. The van der Waals surface area contributed by atoms with Crippen LogP contribution in [0.4, 0.5) is 0 Å². The highest BCUT2D eigenvalue weighted by molar-refractivity contribution is 5.79. The molecule has 1 aliphatic heterocycles. The van der Waals surface area contributed by atoms with E-state index in [1.165, 1.54) is 0 Å². The van der Waals surface area contributed by atoms with Gasteiger partial charge in [0.25, 0.3) is 0 Å². The average Bonchev–Trinajstić information content (AvgIpc) is 2.08. The van der Waals surface area contributed by atoms with Gasteiger partial charge in [-0.05, 0) is 27.2 Å². The zero-order valence-corrected chi connectivity index (χ0v) is 10.1. The summed E-state index contributed by atoms with van der Waals surface area (Å²) in [6, 6.07) is 0. The van der Waals surface area contributed by atoms with Crippen LogP contribution in [0.25, 0.3) is 0 Å². The fourth-order valence-corrected chi connectivity index (χ4v) is 1.52. The molecule has 0 unspecified atom stereocenters. The van der Waals surface area contributed by atoms with E-state index >= 15 is 0 Å². The summed E-state index contributed by atoms with van der Waals surface area (Å²) < 4.78 is 0. The Morgan fingerprint density at radius 1 is 1.47 bits per heavy atom. The van der Waals surface area contributed by atoms with Gasteiger partial charge in [0.1, 0.15) is 0 Å². The van der Waals surface area contributed by atoms with Crippen LogP contribution in [-0.4, -0.2) is 46.7 Å². The van der Waals surface area contributed by atoms with Crippen LogP contribution in [0.1, 0.15) is 34.1 Å². The van der Waals surface area contributed by atoms with Crippen LogP contribution in [0.15, 0.2) is 0 Å². The van der Waals surface area contributed by atoms with Gasteiger partial charge in [0.2, 0.25) is 5.91 Å². The summed E-state index contributed by atoms with van der Waals surface area (Å²) in [5.41, 5.74) is -0.668. The molecule has 1 fully saturated rings. The predicted octanol–water partition coefficient (Wildman–Crippen LogP) is 0.358. The van der Waals surface area contributed by atoms with Crippen molar-refractivity contribution in [2.45, 2.75) is 45.3 Å². The number of aliphatic hydroxyl groups is 1. The minimum atomic E-state index is -0.628. The van der Waals surface area contributed by atoms with Crippen LogP contribution in [0, 0.1) is 0 Å². The van der Waals surface area contributed by atoms with Crippen molar-refractivity contribution in [2.75, 3.05) is 19.6 Å². The molecule has 0 spiro atoms. The Kier molecular flexibility index (Phi) is 3.41. The van der Waals surface area contributed by atoms with Crippen molar-refractivity contribution in [3.05, 3.63) is 0 Å². The quantitative estimate of drug-likeness (QED) is 0.713. The van der Waals surface area contributed by atoms with Gasteiger partial charge in [0, 0.05) is 5.54 Å². The number of nitrogens with zero attached hydrogens (tertiary/aromatic N) is 1. The van der Waals surface area contributed by atoms with Crippen molar-refractivity contribution < 1.29 is 9.90 Å². The summed E-state index contributed by atoms with van der Waals surface area (Å²) in [6.45, 7) is 9.33. The maximum absolute atomic E-state index is 11.6. The summed E-state index contributed by atoms with van der Waals surface area (Å²) in [5.74, 6) is 0.0723. The van der Waals surface area contributed by atoms with Gasteiger partial charge in [-0.1, -0.05) is 6.92 Å². The molecule has 0 atom stereocenters. The first kappa shape index (κ1) is 12.5. The molecule has 2 N–H and O–H groups in total. The van der Waals surface area contributed by atoms with Gasteiger partial charge in [-0.25, -0.2) is 0 Å². The van der Waals surface area contributed by atoms with Crippen molar-refractivity contribution in [1.29, 1.82) is 0 Å². The van der Waals surface area contributed by atoms with Gasteiger partial charge in [0.15, 0.2) is 0 Å². The average molecular weight is 214 g/mol. The van der Waals surface area contributed by atoms with Crippen molar-refractivity contribution in [1.82, 2.24) is 10.2 Å². The van der Waals surface area contributed by atoms with Gasteiger partial charge in [0.05, 0.1) is 25.2 Å². The summed E-state index contributed by atoms with van der Waals surface area (Å²) in [7, 11) is 0. The molecule has 0 radical (unpaired) electrons. The summed E-state index contributed by atoms with van der Waals surface area (Å²) in [4.78, 5) is 13.3. The normalized spacial score (nSPS) is 19.9. The van der Waals surface area contributed by atoms with E-state index in [2.05, 4.69) is 5.32 Å². The summed E-state index contributed by atoms with van der Waals surface area (Å²) in [6.07, 6.45) is 0.712. The number of hydrogen-bond acceptors (Lipinski definition) is 3. The number of amides is 1. The fourth-order valence-electron chi connectivity index (χ4n) is 1.52. The molecule has 1 rings (SSSR count). The van der Waals surface area contributed by atoms with E-state index in [0.29, 0.717) is 26.1 Å². The molecule has 0 aliphatic carbocycles. The van der Waals surface area contributed by atoms with E-state index in [0.717, 1.165) is 0 Å². The Balaban J connectivity index is 2.27. The predicted molar refractivity (Wildman–Crippen MR) is 59.6 cm³/mol. The van der Waals surface area contributed by atoms with Crippen molar-refractivity contribution in [2.24, 2.45) is 0 Å².